The van der Waals surface area contributed by atoms with Gasteiger partial charge >= 0.3 is 5.97 Å². The first-order chi connectivity index (χ1) is 12.7. The summed E-state index contributed by atoms with van der Waals surface area (Å²) in [5, 5.41) is 1.83. The second-order valence-electron chi connectivity index (χ2n) is 9.24. The fourth-order valence-electron chi connectivity index (χ4n) is 3.55. The van der Waals surface area contributed by atoms with Gasteiger partial charge in [0.25, 0.3) is 0 Å². The van der Waals surface area contributed by atoms with Crippen molar-refractivity contribution >= 4 is 5.97 Å². The average Bonchev–Trinajstić information content (AvgIpc) is 3.44. The normalized spacial score (nSPS) is 21.7. The monoisotopic (exact) mass is 373 g/mol. The molecule has 5 nitrogen and oxygen atoms in total. The fourth-order valence-corrected chi connectivity index (χ4v) is 3.55. The summed E-state index contributed by atoms with van der Waals surface area (Å²) in [6.07, 6.45) is 3.94. The van der Waals surface area contributed by atoms with Gasteiger partial charge < -0.3 is 10.6 Å². The molecule has 5 heteroatoms. The molecule has 0 aromatic heterocycles. The number of hydrogen-bond acceptors (Lipinski definition) is 5. The van der Waals surface area contributed by atoms with Crippen LogP contribution < -0.4 is 5.73 Å². The van der Waals surface area contributed by atoms with Gasteiger partial charge in [-0.3, -0.25) is 4.90 Å². The van der Waals surface area contributed by atoms with Crippen LogP contribution in [0.1, 0.15) is 70.2 Å². The van der Waals surface area contributed by atoms with Gasteiger partial charge in [-0.15, -0.1) is 5.06 Å². The molecule has 0 radical (unpaired) electrons. The molecule has 0 unspecified atom stereocenters. The lowest BCUT2D eigenvalue weighted by molar-refractivity contribution is -0.208. The highest BCUT2D eigenvalue weighted by molar-refractivity contribution is 5.75. The Labute approximate surface area is 163 Å². The zero-order chi connectivity index (χ0) is 19.6. The Morgan fingerprint density at radius 3 is 2.15 bits per heavy atom. The van der Waals surface area contributed by atoms with E-state index < -0.39 is 5.41 Å². The zero-order valence-electron chi connectivity index (χ0n) is 17.3. The Hall–Kier alpha value is -1.43. The molecule has 2 atom stereocenters. The molecule has 2 N–H and O–H groups in total. The second-order valence-corrected chi connectivity index (χ2v) is 9.24. The van der Waals surface area contributed by atoms with Crippen LogP contribution in [0.4, 0.5) is 0 Å². The summed E-state index contributed by atoms with van der Waals surface area (Å²) in [5.74, 6) is 0.705. The molecule has 1 aliphatic carbocycles. The van der Waals surface area contributed by atoms with Crippen LogP contribution in [0.2, 0.25) is 0 Å². The molecular weight excluding hydrogens is 338 g/mol. The summed E-state index contributed by atoms with van der Waals surface area (Å²) in [7, 11) is 0. The Morgan fingerprint density at radius 2 is 1.67 bits per heavy atom. The number of rotatable bonds is 6. The Morgan fingerprint density at radius 1 is 1.11 bits per heavy atom. The Bertz CT molecular complexity index is 624. The lowest BCUT2D eigenvalue weighted by atomic mass is 9.96. The highest BCUT2D eigenvalue weighted by Gasteiger charge is 2.33. The van der Waals surface area contributed by atoms with E-state index in [4.69, 9.17) is 10.6 Å². The number of carbonyl (C=O) groups is 1. The highest BCUT2D eigenvalue weighted by Crippen LogP contribution is 2.40. The van der Waals surface area contributed by atoms with Gasteiger partial charge in [-0.25, -0.2) is 4.79 Å². The number of piperazine rings is 1. The molecule has 150 valence electrons. The van der Waals surface area contributed by atoms with E-state index in [-0.39, 0.29) is 12.0 Å². The smallest absolute Gasteiger partial charge is 0.330 e. The maximum atomic E-state index is 12.1. The van der Waals surface area contributed by atoms with Crippen molar-refractivity contribution in [3.8, 4) is 0 Å². The molecule has 1 heterocycles. The van der Waals surface area contributed by atoms with E-state index in [1.54, 1.807) is 0 Å². The molecular formula is C22H35N3O2. The van der Waals surface area contributed by atoms with Crippen molar-refractivity contribution in [3.05, 3.63) is 35.4 Å². The third-order valence-corrected chi connectivity index (χ3v) is 5.64. The lowest BCUT2D eigenvalue weighted by Crippen LogP contribution is -2.49. The molecule has 1 saturated carbocycles. The molecule has 0 amide bonds. The van der Waals surface area contributed by atoms with Crippen LogP contribution in [0.25, 0.3) is 0 Å². The zero-order valence-corrected chi connectivity index (χ0v) is 17.3. The predicted molar refractivity (Wildman–Crippen MR) is 108 cm³/mol. The van der Waals surface area contributed by atoms with Crippen LogP contribution >= 0.6 is 0 Å². The molecule has 2 fully saturated rings. The van der Waals surface area contributed by atoms with Gasteiger partial charge in [0.15, 0.2) is 0 Å². The number of carbonyl (C=O) groups excluding carboxylic acids is 1. The summed E-state index contributed by atoms with van der Waals surface area (Å²) < 4.78 is 0. The molecule has 1 saturated heterocycles. The minimum atomic E-state index is -0.465. The largest absolute Gasteiger partial charge is 0.367 e. The molecule has 1 aromatic carbocycles. The van der Waals surface area contributed by atoms with Gasteiger partial charge in [-0.1, -0.05) is 37.1 Å². The summed E-state index contributed by atoms with van der Waals surface area (Å²) in [6.45, 7) is 11.1. The standard InChI is InChI=1S/C22H35N3O2/c1-16(23)18-7-9-19(10-8-18)20(15-17-5-6-17)24-11-13-25(14-12-24)27-21(26)22(2,3)4/h7-10,16-17,20H,5-6,11-15,23H2,1-4H3/t16-,20+/m0/s1. The van der Waals surface area contributed by atoms with Gasteiger partial charge in [0.1, 0.15) is 0 Å². The first kappa shape index (κ1) is 20.3. The minimum Gasteiger partial charge on any atom is -0.367 e. The average molecular weight is 374 g/mol. The van der Waals surface area contributed by atoms with Gasteiger partial charge in [-0.2, -0.15) is 0 Å². The Balaban J connectivity index is 1.62. The third kappa shape index (κ3) is 5.53. The van der Waals surface area contributed by atoms with Crippen LogP contribution in [0.5, 0.6) is 0 Å². The van der Waals surface area contributed by atoms with E-state index in [0.717, 1.165) is 32.1 Å². The molecule has 1 aromatic rings. The maximum absolute atomic E-state index is 12.1. The van der Waals surface area contributed by atoms with Crippen molar-refractivity contribution < 1.29 is 9.63 Å². The molecule has 27 heavy (non-hydrogen) atoms. The molecule has 1 aliphatic heterocycles. The van der Waals surface area contributed by atoms with Crippen LogP contribution in [0, 0.1) is 11.3 Å². The van der Waals surface area contributed by atoms with Crippen LogP contribution in [0.15, 0.2) is 24.3 Å². The summed E-state index contributed by atoms with van der Waals surface area (Å²) in [5.41, 5.74) is 8.10. The lowest BCUT2D eigenvalue weighted by Gasteiger charge is -2.39. The third-order valence-electron chi connectivity index (χ3n) is 5.64. The number of nitrogens with zero attached hydrogens (tertiary/aromatic N) is 2. The summed E-state index contributed by atoms with van der Waals surface area (Å²) >= 11 is 0. The van der Waals surface area contributed by atoms with Crippen LogP contribution in [-0.4, -0.2) is 42.1 Å². The maximum Gasteiger partial charge on any atom is 0.330 e. The van der Waals surface area contributed by atoms with Gasteiger partial charge in [0.2, 0.25) is 0 Å². The topological polar surface area (TPSA) is 58.8 Å². The first-order valence-electron chi connectivity index (χ1n) is 10.3. The molecule has 0 spiro atoms. The van der Waals surface area contributed by atoms with Crippen molar-refractivity contribution in [3.63, 3.8) is 0 Å². The number of hydroxylamine groups is 2. The Kier molecular flexibility index (Phi) is 6.24. The molecule has 2 aliphatic rings. The highest BCUT2D eigenvalue weighted by atomic mass is 16.7. The van der Waals surface area contributed by atoms with Crippen molar-refractivity contribution in [2.45, 2.75) is 59.0 Å². The van der Waals surface area contributed by atoms with E-state index in [2.05, 4.69) is 29.2 Å². The van der Waals surface area contributed by atoms with Crippen molar-refractivity contribution in [2.24, 2.45) is 17.1 Å². The van der Waals surface area contributed by atoms with Crippen molar-refractivity contribution in [2.75, 3.05) is 26.2 Å². The SMILES string of the molecule is C[C@H](N)c1ccc([C@@H](CC2CC2)N2CCN(OC(=O)C(C)(C)C)CC2)cc1. The molecule has 3 rings (SSSR count). The minimum absolute atomic E-state index is 0.0713. The van der Waals surface area contributed by atoms with E-state index in [1.165, 1.54) is 30.4 Å². The quantitative estimate of drug-likeness (QED) is 0.824. The molecule has 0 bridgehead atoms. The van der Waals surface area contributed by atoms with E-state index in [1.807, 2.05) is 32.8 Å². The summed E-state index contributed by atoms with van der Waals surface area (Å²) in [6, 6.07) is 9.35. The van der Waals surface area contributed by atoms with Crippen LogP contribution in [0.3, 0.4) is 0 Å². The van der Waals surface area contributed by atoms with Gasteiger partial charge in [-0.05, 0) is 51.2 Å². The van der Waals surface area contributed by atoms with Crippen molar-refractivity contribution in [1.29, 1.82) is 0 Å². The summed E-state index contributed by atoms with van der Waals surface area (Å²) in [4.78, 5) is 20.3. The number of benzene rings is 1. The predicted octanol–water partition coefficient (Wildman–Crippen LogP) is 3.67. The van der Waals surface area contributed by atoms with E-state index >= 15 is 0 Å². The van der Waals surface area contributed by atoms with E-state index in [0.29, 0.717) is 6.04 Å². The first-order valence-corrected chi connectivity index (χ1v) is 10.3. The van der Waals surface area contributed by atoms with Gasteiger partial charge in [0.05, 0.1) is 5.41 Å². The van der Waals surface area contributed by atoms with E-state index in [9.17, 15) is 4.79 Å². The number of nitrogens with two attached hydrogens (primary N) is 1. The van der Waals surface area contributed by atoms with Crippen LogP contribution in [-0.2, 0) is 9.63 Å². The second kappa shape index (κ2) is 8.29. The fraction of sp³-hybridized carbons (Fsp3) is 0.682. The van der Waals surface area contributed by atoms with Crippen molar-refractivity contribution in [1.82, 2.24) is 9.96 Å². The number of hydrogen-bond donors (Lipinski definition) is 1. The van der Waals surface area contributed by atoms with Gasteiger partial charge in [0, 0.05) is 38.3 Å².